The molecule has 1 aliphatic rings. The van der Waals surface area contributed by atoms with Crippen LogP contribution in [-0.4, -0.2) is 27.1 Å². The van der Waals surface area contributed by atoms with Crippen molar-refractivity contribution in [3.05, 3.63) is 29.2 Å². The zero-order valence-corrected chi connectivity index (χ0v) is 9.71. The largest absolute Gasteiger partial charge is 0.507 e. The Morgan fingerprint density at radius 1 is 1.38 bits per heavy atom. The van der Waals surface area contributed by atoms with E-state index < -0.39 is 9.84 Å². The van der Waals surface area contributed by atoms with Gasteiger partial charge in [-0.25, -0.2) is 8.42 Å². The molecule has 1 aromatic rings. The highest BCUT2D eigenvalue weighted by atomic mass is 32.2. The maximum absolute atomic E-state index is 11.8. The molecule has 86 valence electrons. The minimum Gasteiger partial charge on any atom is -0.507 e. The molecular weight excluding hydrogens is 226 g/mol. The Kier molecular flexibility index (Phi) is 2.73. The first-order chi connectivity index (χ1) is 7.56. The zero-order chi connectivity index (χ0) is 11.8. The molecule has 0 aromatic heterocycles. The third-order valence-corrected chi connectivity index (χ3v) is 4.16. The van der Waals surface area contributed by atoms with Crippen molar-refractivity contribution in [3.63, 3.8) is 0 Å². The molecule has 0 atom stereocenters. The molecule has 5 heteroatoms. The monoisotopic (exact) mass is 239 g/mol. The van der Waals surface area contributed by atoms with Crippen LogP contribution in [0.5, 0.6) is 5.75 Å². The highest BCUT2D eigenvalue weighted by Crippen LogP contribution is 2.39. The second-order valence-electron chi connectivity index (χ2n) is 3.70. The molecule has 1 heterocycles. The minimum atomic E-state index is -3.46. The van der Waals surface area contributed by atoms with E-state index in [4.69, 9.17) is 0 Å². The van der Waals surface area contributed by atoms with E-state index >= 15 is 0 Å². The van der Waals surface area contributed by atoms with Gasteiger partial charge in [0.1, 0.15) is 10.6 Å². The van der Waals surface area contributed by atoms with Gasteiger partial charge in [0.05, 0.1) is 0 Å². The maximum atomic E-state index is 11.8. The van der Waals surface area contributed by atoms with Crippen LogP contribution in [0.2, 0.25) is 0 Å². The molecule has 0 saturated heterocycles. The fourth-order valence-corrected chi connectivity index (χ4v) is 3.44. The molecule has 4 nitrogen and oxygen atoms in total. The third-order valence-electron chi connectivity index (χ3n) is 2.57. The molecule has 0 spiro atoms. The lowest BCUT2D eigenvalue weighted by atomic mass is 10.0. The van der Waals surface area contributed by atoms with Gasteiger partial charge in [0.15, 0.2) is 0 Å². The van der Waals surface area contributed by atoms with Crippen LogP contribution in [0.25, 0.3) is 5.57 Å². The molecule has 0 aliphatic carbocycles. The van der Waals surface area contributed by atoms with E-state index in [1.54, 1.807) is 12.1 Å². The summed E-state index contributed by atoms with van der Waals surface area (Å²) in [4.78, 5) is 0.0427. The first-order valence-electron chi connectivity index (χ1n) is 4.99. The van der Waals surface area contributed by atoms with Crippen molar-refractivity contribution in [3.8, 4) is 5.75 Å². The van der Waals surface area contributed by atoms with Gasteiger partial charge in [-0.2, -0.15) is 0 Å². The van der Waals surface area contributed by atoms with Crippen molar-refractivity contribution in [1.82, 2.24) is 5.32 Å². The Bertz CT molecular complexity index is 546. The Labute approximate surface area is 94.5 Å². The second-order valence-corrected chi connectivity index (χ2v) is 5.43. The van der Waals surface area contributed by atoms with E-state index in [-0.39, 0.29) is 10.6 Å². The number of phenolic OH excluding ortho intramolecular Hbond substituents is 1. The van der Waals surface area contributed by atoms with Crippen molar-refractivity contribution >= 4 is 15.4 Å². The first-order valence-corrected chi connectivity index (χ1v) is 6.53. The van der Waals surface area contributed by atoms with Crippen LogP contribution in [0.3, 0.4) is 0 Å². The lowest BCUT2D eigenvalue weighted by Crippen LogP contribution is -2.07. The molecule has 0 fully saturated rings. The van der Waals surface area contributed by atoms with Crippen LogP contribution in [-0.2, 0) is 9.84 Å². The van der Waals surface area contributed by atoms with Crippen LogP contribution >= 0.6 is 0 Å². The number of sulfone groups is 1. The highest BCUT2D eigenvalue weighted by Gasteiger charge is 2.29. The summed E-state index contributed by atoms with van der Waals surface area (Å²) in [6, 6.07) is 4.77. The normalized spacial score (nSPS) is 16.9. The first kappa shape index (κ1) is 11.2. The van der Waals surface area contributed by atoms with Gasteiger partial charge < -0.3 is 10.4 Å². The Balaban J connectivity index is 2.52. The highest BCUT2D eigenvalue weighted by molar-refractivity contribution is 7.95. The van der Waals surface area contributed by atoms with Crippen molar-refractivity contribution < 1.29 is 13.5 Å². The summed E-state index contributed by atoms with van der Waals surface area (Å²) < 4.78 is 23.6. The fourth-order valence-electron chi connectivity index (χ4n) is 1.84. The number of fused-ring (bicyclic) bond motifs is 1. The molecule has 1 aromatic carbocycles. The number of hydrogen-bond acceptors (Lipinski definition) is 4. The van der Waals surface area contributed by atoms with Crippen LogP contribution in [0, 0.1) is 0 Å². The number of nitrogens with one attached hydrogen (secondary N) is 1. The van der Waals surface area contributed by atoms with Crippen LogP contribution in [0.15, 0.2) is 28.5 Å². The molecule has 1 aliphatic heterocycles. The predicted molar refractivity (Wildman–Crippen MR) is 61.8 cm³/mol. The summed E-state index contributed by atoms with van der Waals surface area (Å²) >= 11 is 0. The molecule has 0 radical (unpaired) electrons. The quantitative estimate of drug-likeness (QED) is 0.829. The number of rotatable bonds is 3. The predicted octanol–water partition coefficient (Wildman–Crippen LogP) is 1.13. The third kappa shape index (κ3) is 1.72. The number of hydrogen-bond donors (Lipinski definition) is 2. The average Bonchev–Trinajstić information content (AvgIpc) is 2.49. The lowest BCUT2D eigenvalue weighted by molar-refractivity contribution is 0.459. The van der Waals surface area contributed by atoms with E-state index in [0.717, 1.165) is 5.57 Å². The number of benzene rings is 1. The average molecular weight is 239 g/mol. The standard InChI is InChI=1S/C11H13NO3S/c1-12-6-5-8-7-16(14,15)11-9(8)3-2-4-10(11)13/h2-4,7,12-13H,5-6H2,1H3. The van der Waals surface area contributed by atoms with Gasteiger partial charge in [-0.3, -0.25) is 0 Å². The Morgan fingerprint density at radius 2 is 2.12 bits per heavy atom. The molecule has 16 heavy (non-hydrogen) atoms. The van der Waals surface area contributed by atoms with Gasteiger partial charge in [0.25, 0.3) is 0 Å². The molecule has 0 unspecified atom stereocenters. The summed E-state index contributed by atoms with van der Waals surface area (Å²) in [7, 11) is -1.64. The van der Waals surface area contributed by atoms with Gasteiger partial charge in [-0.1, -0.05) is 12.1 Å². The summed E-state index contributed by atoms with van der Waals surface area (Å²) in [5.74, 6) is -0.173. The topological polar surface area (TPSA) is 66.4 Å². The van der Waals surface area contributed by atoms with Crippen molar-refractivity contribution in [2.24, 2.45) is 0 Å². The van der Waals surface area contributed by atoms with E-state index in [1.807, 2.05) is 7.05 Å². The van der Waals surface area contributed by atoms with Gasteiger partial charge in [-0.15, -0.1) is 0 Å². The summed E-state index contributed by atoms with van der Waals surface area (Å²) in [6.07, 6.45) is 0.631. The van der Waals surface area contributed by atoms with Crippen molar-refractivity contribution in [2.75, 3.05) is 13.6 Å². The van der Waals surface area contributed by atoms with E-state index in [9.17, 15) is 13.5 Å². The Morgan fingerprint density at radius 3 is 2.81 bits per heavy atom. The van der Waals surface area contributed by atoms with Crippen LogP contribution < -0.4 is 5.32 Å². The molecular formula is C11H13NO3S. The number of phenols is 1. The van der Waals surface area contributed by atoms with Crippen LogP contribution in [0.4, 0.5) is 0 Å². The lowest BCUT2D eigenvalue weighted by Gasteiger charge is -2.04. The van der Waals surface area contributed by atoms with Gasteiger partial charge >= 0.3 is 0 Å². The zero-order valence-electron chi connectivity index (χ0n) is 8.90. The molecule has 0 saturated carbocycles. The van der Waals surface area contributed by atoms with Crippen molar-refractivity contribution in [2.45, 2.75) is 11.3 Å². The van der Waals surface area contributed by atoms with Crippen LogP contribution in [0.1, 0.15) is 12.0 Å². The van der Waals surface area contributed by atoms with E-state index in [1.165, 1.54) is 11.5 Å². The fraction of sp³-hybridized carbons (Fsp3) is 0.273. The molecule has 2 N–H and O–H groups in total. The summed E-state index contributed by atoms with van der Waals surface area (Å²) in [6.45, 7) is 0.705. The molecule has 2 rings (SSSR count). The smallest absolute Gasteiger partial charge is 0.204 e. The summed E-state index contributed by atoms with van der Waals surface area (Å²) in [5.41, 5.74) is 1.37. The summed E-state index contributed by atoms with van der Waals surface area (Å²) in [5, 5.41) is 13.8. The van der Waals surface area contributed by atoms with Gasteiger partial charge in [-0.05, 0) is 31.7 Å². The van der Waals surface area contributed by atoms with E-state index in [0.29, 0.717) is 18.5 Å². The molecule has 0 bridgehead atoms. The minimum absolute atomic E-state index is 0.0427. The SMILES string of the molecule is CNCCC1=CS(=O)(=O)c2c(O)cccc21. The van der Waals surface area contributed by atoms with Crippen molar-refractivity contribution in [1.29, 1.82) is 0 Å². The van der Waals surface area contributed by atoms with Gasteiger partial charge in [0.2, 0.25) is 9.84 Å². The Hall–Kier alpha value is -1.33. The van der Waals surface area contributed by atoms with Gasteiger partial charge in [0, 0.05) is 11.0 Å². The number of aromatic hydroxyl groups is 1. The second kappa shape index (κ2) is 3.92. The maximum Gasteiger partial charge on any atom is 0.204 e. The van der Waals surface area contributed by atoms with E-state index in [2.05, 4.69) is 5.32 Å². The molecule has 0 amide bonds.